The molecule has 0 atom stereocenters. The molecule has 0 aromatic heterocycles. The van der Waals surface area contributed by atoms with Crippen LogP contribution in [0.2, 0.25) is 0 Å². The molecule has 1 amide bonds. The number of likely N-dealkylation sites (N-methyl/N-ethyl adjacent to an activating group) is 2. The van der Waals surface area contributed by atoms with Crippen molar-refractivity contribution in [1.82, 2.24) is 9.80 Å². The Morgan fingerprint density at radius 3 is 2.57 bits per heavy atom. The van der Waals surface area contributed by atoms with Gasteiger partial charge in [0.05, 0.1) is 19.7 Å². The molecule has 0 N–H and O–H groups in total. The summed E-state index contributed by atoms with van der Waals surface area (Å²) in [5.74, 6) is -2.81. The maximum atomic E-state index is 14.4. The lowest BCUT2D eigenvalue weighted by Gasteiger charge is -2.25. The number of nitrogens with zero attached hydrogens (tertiary/aromatic N) is 2. The van der Waals surface area contributed by atoms with Crippen molar-refractivity contribution in [3.05, 3.63) is 29.8 Å². The number of hydrogen-bond acceptors (Lipinski definition) is 3. The number of carbonyl (C=O) groups is 1. The molecule has 0 spiro atoms. The molecule has 0 unspecified atom stereocenters. The second kappa shape index (κ2) is 8.82. The molecule has 0 radical (unpaired) electrons. The molecule has 0 aliphatic carbocycles. The Morgan fingerprint density at radius 1 is 1.26 bits per heavy atom. The zero-order valence-corrected chi connectivity index (χ0v) is 14.3. The van der Waals surface area contributed by atoms with Gasteiger partial charge in [0.25, 0.3) is 5.92 Å². The van der Waals surface area contributed by atoms with Gasteiger partial charge in [-0.25, -0.2) is 0 Å². The van der Waals surface area contributed by atoms with Crippen molar-refractivity contribution in [3.63, 3.8) is 0 Å². The standard InChI is InChI=1S/C17H26F2N2O2/c1-5-6-10-23-15-9-7-8-14(11-15)17(18,19)13-21(4)12-16(22)20(2)3/h7-9,11H,5-6,10,12-13H2,1-4H3. The third-order valence-corrected chi connectivity index (χ3v) is 3.40. The summed E-state index contributed by atoms with van der Waals surface area (Å²) in [5, 5.41) is 0. The van der Waals surface area contributed by atoms with Crippen LogP contribution in [0.5, 0.6) is 5.75 Å². The van der Waals surface area contributed by atoms with E-state index in [0.29, 0.717) is 12.4 Å². The van der Waals surface area contributed by atoms with Gasteiger partial charge in [-0.3, -0.25) is 9.69 Å². The number of carbonyl (C=O) groups excluding carboxylic acids is 1. The molecule has 130 valence electrons. The molecule has 0 fully saturated rings. The van der Waals surface area contributed by atoms with Crippen molar-refractivity contribution in [1.29, 1.82) is 0 Å². The number of halogens is 2. The van der Waals surface area contributed by atoms with E-state index in [9.17, 15) is 13.6 Å². The fraction of sp³-hybridized carbons (Fsp3) is 0.588. The first-order valence-electron chi connectivity index (χ1n) is 7.76. The van der Waals surface area contributed by atoms with Crippen LogP contribution in [0.25, 0.3) is 0 Å². The van der Waals surface area contributed by atoms with Crippen molar-refractivity contribution >= 4 is 5.91 Å². The van der Waals surface area contributed by atoms with E-state index in [1.54, 1.807) is 26.2 Å². The first kappa shape index (κ1) is 19.4. The second-order valence-electron chi connectivity index (χ2n) is 5.89. The van der Waals surface area contributed by atoms with Crippen molar-refractivity contribution in [2.75, 3.05) is 40.8 Å². The molecule has 1 rings (SSSR count). The third kappa shape index (κ3) is 6.52. The Labute approximate surface area is 137 Å². The topological polar surface area (TPSA) is 32.8 Å². The summed E-state index contributed by atoms with van der Waals surface area (Å²) in [4.78, 5) is 14.3. The van der Waals surface area contributed by atoms with Crippen LogP contribution in [0, 0.1) is 0 Å². The molecule has 0 aliphatic rings. The minimum absolute atomic E-state index is 0.0463. The molecule has 1 aromatic carbocycles. The molecular weight excluding hydrogens is 302 g/mol. The lowest BCUT2D eigenvalue weighted by Crippen LogP contribution is -2.39. The predicted octanol–water partition coefficient (Wildman–Crippen LogP) is 2.98. The molecule has 0 saturated heterocycles. The summed E-state index contributed by atoms with van der Waals surface area (Å²) in [7, 11) is 4.72. The molecule has 0 saturated carbocycles. The van der Waals surface area contributed by atoms with Gasteiger partial charge in [-0.05, 0) is 25.6 Å². The van der Waals surface area contributed by atoms with E-state index in [1.165, 1.54) is 29.0 Å². The van der Waals surface area contributed by atoms with E-state index >= 15 is 0 Å². The van der Waals surface area contributed by atoms with Crippen LogP contribution in [-0.2, 0) is 10.7 Å². The van der Waals surface area contributed by atoms with Gasteiger partial charge >= 0.3 is 0 Å². The largest absolute Gasteiger partial charge is 0.494 e. The van der Waals surface area contributed by atoms with Gasteiger partial charge in [0, 0.05) is 19.7 Å². The lowest BCUT2D eigenvalue weighted by molar-refractivity contribution is -0.130. The monoisotopic (exact) mass is 328 g/mol. The summed E-state index contributed by atoms with van der Waals surface area (Å²) in [6, 6.07) is 6.00. The fourth-order valence-electron chi connectivity index (χ4n) is 2.01. The van der Waals surface area contributed by atoms with E-state index in [-0.39, 0.29) is 18.0 Å². The molecule has 0 aliphatic heterocycles. The van der Waals surface area contributed by atoms with Gasteiger partial charge in [0.2, 0.25) is 5.91 Å². The van der Waals surface area contributed by atoms with Gasteiger partial charge in [-0.2, -0.15) is 8.78 Å². The van der Waals surface area contributed by atoms with E-state index in [0.717, 1.165) is 12.8 Å². The molecule has 0 heterocycles. The quantitative estimate of drug-likeness (QED) is 0.653. The molecule has 6 heteroatoms. The Balaban J connectivity index is 2.71. The third-order valence-electron chi connectivity index (χ3n) is 3.40. The van der Waals surface area contributed by atoms with Gasteiger partial charge in [0.15, 0.2) is 0 Å². The van der Waals surface area contributed by atoms with E-state index in [4.69, 9.17) is 4.74 Å². The lowest BCUT2D eigenvalue weighted by atomic mass is 10.1. The van der Waals surface area contributed by atoms with Crippen LogP contribution in [0.1, 0.15) is 25.3 Å². The van der Waals surface area contributed by atoms with Crippen LogP contribution in [-0.4, -0.2) is 56.5 Å². The van der Waals surface area contributed by atoms with Crippen LogP contribution in [0.3, 0.4) is 0 Å². The summed E-state index contributed by atoms with van der Waals surface area (Å²) in [6.45, 7) is 1.99. The highest BCUT2D eigenvalue weighted by Crippen LogP contribution is 2.31. The van der Waals surface area contributed by atoms with Crippen LogP contribution in [0.15, 0.2) is 24.3 Å². The number of benzene rings is 1. The maximum Gasteiger partial charge on any atom is 0.285 e. The van der Waals surface area contributed by atoms with Crippen LogP contribution < -0.4 is 4.74 Å². The number of hydrogen-bond donors (Lipinski definition) is 0. The number of ether oxygens (including phenoxy) is 1. The Morgan fingerprint density at radius 2 is 1.96 bits per heavy atom. The summed E-state index contributed by atoms with van der Waals surface area (Å²) in [6.07, 6.45) is 1.87. The van der Waals surface area contributed by atoms with Crippen molar-refractivity contribution < 1.29 is 18.3 Å². The van der Waals surface area contributed by atoms with Crippen molar-refractivity contribution in [3.8, 4) is 5.75 Å². The zero-order chi connectivity index (χ0) is 17.5. The highest BCUT2D eigenvalue weighted by Gasteiger charge is 2.33. The van der Waals surface area contributed by atoms with Gasteiger partial charge < -0.3 is 9.64 Å². The minimum atomic E-state index is -3.05. The van der Waals surface area contributed by atoms with Gasteiger partial charge in [-0.15, -0.1) is 0 Å². The normalized spacial score (nSPS) is 11.6. The Hall–Kier alpha value is -1.69. The van der Waals surface area contributed by atoms with E-state index in [2.05, 4.69) is 0 Å². The minimum Gasteiger partial charge on any atom is -0.494 e. The van der Waals surface area contributed by atoms with Crippen LogP contribution in [0.4, 0.5) is 8.78 Å². The van der Waals surface area contributed by atoms with Crippen LogP contribution >= 0.6 is 0 Å². The molecule has 0 bridgehead atoms. The highest BCUT2D eigenvalue weighted by molar-refractivity contribution is 5.77. The molecule has 23 heavy (non-hydrogen) atoms. The number of amides is 1. The summed E-state index contributed by atoms with van der Waals surface area (Å²) < 4.78 is 34.3. The second-order valence-corrected chi connectivity index (χ2v) is 5.89. The van der Waals surface area contributed by atoms with Crippen molar-refractivity contribution in [2.24, 2.45) is 0 Å². The summed E-state index contributed by atoms with van der Waals surface area (Å²) in [5.41, 5.74) is -0.101. The Kier molecular flexibility index (Phi) is 7.42. The van der Waals surface area contributed by atoms with Crippen molar-refractivity contribution in [2.45, 2.75) is 25.7 Å². The molecule has 1 aromatic rings. The number of rotatable bonds is 9. The van der Waals surface area contributed by atoms with Gasteiger partial charge in [0.1, 0.15) is 5.75 Å². The SMILES string of the molecule is CCCCOc1cccc(C(F)(F)CN(C)CC(=O)N(C)C)c1. The smallest absolute Gasteiger partial charge is 0.285 e. The number of unbranched alkanes of at least 4 members (excludes halogenated alkanes) is 1. The predicted molar refractivity (Wildman–Crippen MR) is 86.9 cm³/mol. The first-order valence-corrected chi connectivity index (χ1v) is 7.76. The molecular formula is C17H26F2N2O2. The van der Waals surface area contributed by atoms with Gasteiger partial charge in [-0.1, -0.05) is 25.5 Å². The Bertz CT molecular complexity index is 507. The van der Waals surface area contributed by atoms with E-state index in [1.807, 2.05) is 6.92 Å². The number of alkyl halides is 2. The highest BCUT2D eigenvalue weighted by atomic mass is 19.3. The zero-order valence-electron chi connectivity index (χ0n) is 14.3. The fourth-order valence-corrected chi connectivity index (χ4v) is 2.01. The first-order chi connectivity index (χ1) is 10.8. The average Bonchev–Trinajstić information content (AvgIpc) is 2.47. The van der Waals surface area contributed by atoms with E-state index < -0.39 is 12.5 Å². The summed E-state index contributed by atoms with van der Waals surface area (Å²) >= 11 is 0. The maximum absolute atomic E-state index is 14.4. The average molecular weight is 328 g/mol. The molecule has 4 nitrogen and oxygen atoms in total.